The van der Waals surface area contributed by atoms with Gasteiger partial charge in [-0.15, -0.1) is 0 Å². The van der Waals surface area contributed by atoms with Gasteiger partial charge in [-0.3, -0.25) is 5.10 Å². The topological polar surface area (TPSA) is 52.5 Å². The number of nitriles is 1. The van der Waals surface area contributed by atoms with E-state index in [4.69, 9.17) is 5.26 Å². The maximum absolute atomic E-state index is 8.52. The third-order valence-electron chi connectivity index (χ3n) is 1.49. The molecule has 1 N–H and O–H groups in total. The molecular weight excluding hydrogens is 138 g/mol. The van der Waals surface area contributed by atoms with Crippen molar-refractivity contribution in [3.63, 3.8) is 0 Å². The third kappa shape index (κ3) is 0.849. The lowest BCUT2D eigenvalue weighted by Crippen LogP contribution is -1.73. The molecule has 0 unspecified atom stereocenters. The zero-order valence-corrected chi connectivity index (χ0v) is 5.63. The highest BCUT2D eigenvalue weighted by atomic mass is 15.1. The lowest BCUT2D eigenvalue weighted by Gasteiger charge is -1.86. The minimum absolute atomic E-state index is 0.541. The lowest BCUT2D eigenvalue weighted by atomic mass is 10.2. The second-order valence-corrected chi connectivity index (χ2v) is 2.20. The number of aromatic amines is 1. The molecule has 0 atom stereocenters. The summed E-state index contributed by atoms with van der Waals surface area (Å²) < 4.78 is 0. The summed E-state index contributed by atoms with van der Waals surface area (Å²) in [5.74, 6) is 0. The third-order valence-corrected chi connectivity index (χ3v) is 1.49. The smallest absolute Gasteiger partial charge is 0.0998 e. The summed E-state index contributed by atoms with van der Waals surface area (Å²) in [6.07, 6.45) is 1.68. The molecule has 0 amide bonds. The van der Waals surface area contributed by atoms with Gasteiger partial charge in [0.2, 0.25) is 0 Å². The molecule has 0 aliphatic carbocycles. The number of H-pyrrole nitrogens is 1. The fourth-order valence-electron chi connectivity index (χ4n) is 0.948. The molecule has 0 aliphatic rings. The molecule has 0 bridgehead atoms. The van der Waals surface area contributed by atoms with Crippen LogP contribution in [0.4, 0.5) is 0 Å². The highest BCUT2D eigenvalue weighted by molar-refractivity contribution is 5.78. The maximum atomic E-state index is 8.52. The molecule has 1 radical (unpaired) electrons. The van der Waals surface area contributed by atoms with Gasteiger partial charge in [0.05, 0.1) is 23.3 Å². The number of hydrogen-bond acceptors (Lipinski definition) is 2. The molecule has 2 rings (SSSR count). The maximum Gasteiger partial charge on any atom is 0.0998 e. The monoisotopic (exact) mass is 142 g/mol. The first-order valence-corrected chi connectivity index (χ1v) is 3.15. The van der Waals surface area contributed by atoms with E-state index in [0.29, 0.717) is 5.56 Å². The number of benzene rings is 1. The number of hydrogen-bond donors (Lipinski definition) is 1. The van der Waals surface area contributed by atoms with Gasteiger partial charge in [0, 0.05) is 11.5 Å². The summed E-state index contributed by atoms with van der Waals surface area (Å²) in [5, 5.41) is 16.1. The second kappa shape index (κ2) is 2.10. The SMILES string of the molecule is N#Cc1[c]cc2[nH]ncc2c1. The van der Waals surface area contributed by atoms with Crippen molar-refractivity contribution in [3.05, 3.63) is 30.0 Å². The lowest BCUT2D eigenvalue weighted by molar-refractivity contribution is 1.12. The summed E-state index contributed by atoms with van der Waals surface area (Å²) in [5.41, 5.74) is 1.45. The quantitative estimate of drug-likeness (QED) is 0.601. The number of nitrogens with one attached hydrogen (secondary N) is 1. The van der Waals surface area contributed by atoms with E-state index < -0.39 is 0 Å². The van der Waals surface area contributed by atoms with Crippen LogP contribution in [-0.2, 0) is 0 Å². The van der Waals surface area contributed by atoms with Crippen molar-refractivity contribution in [3.8, 4) is 6.07 Å². The van der Waals surface area contributed by atoms with E-state index in [-0.39, 0.29) is 0 Å². The molecule has 1 heterocycles. The number of rotatable bonds is 0. The van der Waals surface area contributed by atoms with Crippen molar-refractivity contribution in [2.45, 2.75) is 0 Å². The van der Waals surface area contributed by atoms with Gasteiger partial charge in [-0.05, 0) is 12.1 Å². The normalized spacial score (nSPS) is 9.73. The number of fused-ring (bicyclic) bond motifs is 1. The Morgan fingerprint density at radius 1 is 1.64 bits per heavy atom. The molecule has 0 saturated carbocycles. The molecule has 0 spiro atoms. The van der Waals surface area contributed by atoms with Gasteiger partial charge in [-0.25, -0.2) is 0 Å². The van der Waals surface area contributed by atoms with Crippen LogP contribution in [0.15, 0.2) is 18.3 Å². The Morgan fingerprint density at radius 3 is 3.36 bits per heavy atom. The van der Waals surface area contributed by atoms with Gasteiger partial charge in [0.25, 0.3) is 0 Å². The predicted octanol–water partition coefficient (Wildman–Crippen LogP) is 1.23. The Hall–Kier alpha value is -1.82. The number of aromatic nitrogens is 2. The van der Waals surface area contributed by atoms with E-state index in [1.807, 2.05) is 6.07 Å². The Balaban J connectivity index is 2.79. The van der Waals surface area contributed by atoms with E-state index >= 15 is 0 Å². The Kier molecular flexibility index (Phi) is 1.13. The number of nitrogens with zero attached hydrogens (tertiary/aromatic N) is 2. The molecule has 51 valence electrons. The summed E-state index contributed by atoms with van der Waals surface area (Å²) in [4.78, 5) is 0. The van der Waals surface area contributed by atoms with Gasteiger partial charge >= 0.3 is 0 Å². The highest BCUT2D eigenvalue weighted by Crippen LogP contribution is 2.10. The van der Waals surface area contributed by atoms with Crippen LogP contribution >= 0.6 is 0 Å². The first-order chi connectivity index (χ1) is 5.40. The summed E-state index contributed by atoms with van der Waals surface area (Å²) >= 11 is 0. The van der Waals surface area contributed by atoms with Crippen molar-refractivity contribution in [2.75, 3.05) is 0 Å². The molecule has 11 heavy (non-hydrogen) atoms. The van der Waals surface area contributed by atoms with Gasteiger partial charge < -0.3 is 0 Å². The van der Waals surface area contributed by atoms with Gasteiger partial charge in [-0.1, -0.05) is 0 Å². The fourth-order valence-corrected chi connectivity index (χ4v) is 0.948. The van der Waals surface area contributed by atoms with Crippen molar-refractivity contribution >= 4 is 10.9 Å². The summed E-state index contributed by atoms with van der Waals surface area (Å²) in [6, 6.07) is 8.30. The Labute approximate surface area is 63.3 Å². The van der Waals surface area contributed by atoms with Crippen LogP contribution in [0.5, 0.6) is 0 Å². The van der Waals surface area contributed by atoms with E-state index in [1.54, 1.807) is 18.3 Å². The van der Waals surface area contributed by atoms with Crippen molar-refractivity contribution in [1.82, 2.24) is 10.2 Å². The molecule has 1 aromatic heterocycles. The standard InChI is InChI=1S/C8H4N3/c9-4-6-1-2-8-7(3-6)5-10-11-8/h2-3,5H,(H,10,11). The average molecular weight is 142 g/mol. The molecule has 1 aromatic carbocycles. The fraction of sp³-hybridized carbons (Fsp3) is 0. The van der Waals surface area contributed by atoms with Crippen LogP contribution in [0.1, 0.15) is 5.56 Å². The van der Waals surface area contributed by atoms with Crippen LogP contribution in [0.3, 0.4) is 0 Å². The van der Waals surface area contributed by atoms with Crippen molar-refractivity contribution in [2.24, 2.45) is 0 Å². The van der Waals surface area contributed by atoms with Crippen molar-refractivity contribution < 1.29 is 0 Å². The Bertz CT molecular complexity index is 422. The molecule has 3 nitrogen and oxygen atoms in total. The first kappa shape index (κ1) is 5.93. The van der Waals surface area contributed by atoms with E-state index in [9.17, 15) is 0 Å². The van der Waals surface area contributed by atoms with Crippen LogP contribution in [0.2, 0.25) is 0 Å². The Morgan fingerprint density at radius 2 is 2.55 bits per heavy atom. The predicted molar refractivity (Wildman–Crippen MR) is 39.6 cm³/mol. The molecule has 2 aromatic rings. The van der Waals surface area contributed by atoms with Gasteiger partial charge in [0.1, 0.15) is 0 Å². The van der Waals surface area contributed by atoms with Gasteiger partial charge in [-0.2, -0.15) is 10.4 Å². The van der Waals surface area contributed by atoms with Crippen molar-refractivity contribution in [1.29, 1.82) is 5.26 Å². The minimum Gasteiger partial charge on any atom is -0.278 e. The summed E-state index contributed by atoms with van der Waals surface area (Å²) in [6.45, 7) is 0. The van der Waals surface area contributed by atoms with E-state index in [0.717, 1.165) is 10.9 Å². The second-order valence-electron chi connectivity index (χ2n) is 2.20. The largest absolute Gasteiger partial charge is 0.278 e. The zero-order valence-electron chi connectivity index (χ0n) is 5.63. The molecule has 0 fully saturated rings. The molecular formula is C8H4N3. The molecule has 3 heteroatoms. The highest BCUT2D eigenvalue weighted by Gasteiger charge is 1.95. The van der Waals surface area contributed by atoms with Crippen LogP contribution in [-0.4, -0.2) is 10.2 Å². The summed E-state index contributed by atoms with van der Waals surface area (Å²) in [7, 11) is 0. The van der Waals surface area contributed by atoms with E-state index in [2.05, 4.69) is 16.3 Å². The van der Waals surface area contributed by atoms with Crippen LogP contribution < -0.4 is 0 Å². The van der Waals surface area contributed by atoms with Crippen LogP contribution in [0.25, 0.3) is 10.9 Å². The molecule has 0 aliphatic heterocycles. The first-order valence-electron chi connectivity index (χ1n) is 3.15. The minimum atomic E-state index is 0.541. The van der Waals surface area contributed by atoms with Crippen LogP contribution in [0, 0.1) is 17.4 Å². The molecule has 0 saturated heterocycles. The average Bonchev–Trinajstić information content (AvgIpc) is 2.50. The van der Waals surface area contributed by atoms with E-state index in [1.165, 1.54) is 0 Å². The van der Waals surface area contributed by atoms with Gasteiger partial charge in [0.15, 0.2) is 0 Å². The zero-order chi connectivity index (χ0) is 7.68.